The Labute approximate surface area is 201 Å². The van der Waals surface area contributed by atoms with Gasteiger partial charge >= 0.3 is 0 Å². The topological polar surface area (TPSA) is 104 Å². The first kappa shape index (κ1) is 22.5. The molecular formula is C23H26N6O4S. The van der Waals surface area contributed by atoms with Crippen LogP contribution in [-0.2, 0) is 16.1 Å². The number of carbonyl (C=O) groups is 1. The Morgan fingerprint density at radius 3 is 2.91 bits per heavy atom. The van der Waals surface area contributed by atoms with Crippen molar-refractivity contribution in [2.75, 3.05) is 50.3 Å². The van der Waals surface area contributed by atoms with Gasteiger partial charge < -0.3 is 24.4 Å². The average Bonchev–Trinajstić information content (AvgIpc) is 3.50. The van der Waals surface area contributed by atoms with Gasteiger partial charge in [0, 0.05) is 25.7 Å². The minimum absolute atomic E-state index is 0.181. The van der Waals surface area contributed by atoms with Gasteiger partial charge in [0.05, 0.1) is 31.3 Å². The quantitative estimate of drug-likeness (QED) is 0.294. The van der Waals surface area contributed by atoms with Crippen LogP contribution in [0.5, 0.6) is 11.5 Å². The van der Waals surface area contributed by atoms with Crippen LogP contribution in [0.2, 0.25) is 0 Å². The molecule has 178 valence electrons. The lowest BCUT2D eigenvalue weighted by atomic mass is 10.2. The molecule has 2 aliphatic rings. The van der Waals surface area contributed by atoms with Crippen molar-refractivity contribution in [2.45, 2.75) is 18.6 Å². The van der Waals surface area contributed by atoms with Crippen molar-refractivity contribution in [2.24, 2.45) is 0 Å². The zero-order chi connectivity index (χ0) is 23.3. The number of hydrogen-bond donors (Lipinski definition) is 1. The molecule has 34 heavy (non-hydrogen) atoms. The Bertz CT molecular complexity index is 1210. The first-order chi connectivity index (χ1) is 16.7. The molecule has 4 heterocycles. The standard InChI is InChI=1S/C23H26N6O4S/c1-2-34-23-26-21(28-9-11-31-12-10-28)17-14-25-29(22(17)27-23)8-7-24-20(30)6-4-16-3-5-18-19(13-16)33-15-32-18/h3-6,13-14H,2,7-12,15H2,1H3,(H,24,30). The average molecular weight is 483 g/mol. The first-order valence-electron chi connectivity index (χ1n) is 11.3. The van der Waals surface area contributed by atoms with E-state index in [1.54, 1.807) is 17.8 Å². The molecule has 11 heteroatoms. The molecule has 2 aromatic heterocycles. The summed E-state index contributed by atoms with van der Waals surface area (Å²) >= 11 is 1.60. The minimum atomic E-state index is -0.181. The van der Waals surface area contributed by atoms with Gasteiger partial charge in [-0.2, -0.15) is 5.10 Å². The Morgan fingerprint density at radius 2 is 2.06 bits per heavy atom. The summed E-state index contributed by atoms with van der Waals surface area (Å²) in [5, 5.41) is 9.08. The van der Waals surface area contributed by atoms with Crippen LogP contribution >= 0.6 is 11.8 Å². The van der Waals surface area contributed by atoms with E-state index in [1.807, 2.05) is 29.1 Å². The second kappa shape index (κ2) is 10.3. The number of nitrogens with one attached hydrogen (secondary N) is 1. The van der Waals surface area contributed by atoms with Crippen LogP contribution < -0.4 is 19.7 Å². The smallest absolute Gasteiger partial charge is 0.244 e. The van der Waals surface area contributed by atoms with Gasteiger partial charge in [0.2, 0.25) is 12.7 Å². The van der Waals surface area contributed by atoms with E-state index < -0.39 is 0 Å². The Kier molecular flexibility index (Phi) is 6.82. The highest BCUT2D eigenvalue weighted by Gasteiger charge is 2.20. The number of thioether (sulfide) groups is 1. The van der Waals surface area contributed by atoms with E-state index >= 15 is 0 Å². The third kappa shape index (κ3) is 4.95. The third-order valence-corrected chi connectivity index (χ3v) is 6.22. The van der Waals surface area contributed by atoms with E-state index in [9.17, 15) is 4.79 Å². The minimum Gasteiger partial charge on any atom is -0.454 e. The second-order valence-electron chi connectivity index (χ2n) is 7.70. The Hall–Kier alpha value is -3.31. The number of hydrogen-bond acceptors (Lipinski definition) is 9. The van der Waals surface area contributed by atoms with Crippen molar-refractivity contribution >= 4 is 40.6 Å². The fourth-order valence-electron chi connectivity index (χ4n) is 3.83. The van der Waals surface area contributed by atoms with Crippen molar-refractivity contribution in [1.29, 1.82) is 0 Å². The lowest BCUT2D eigenvalue weighted by molar-refractivity contribution is -0.116. The molecule has 0 saturated carbocycles. The zero-order valence-electron chi connectivity index (χ0n) is 18.9. The van der Waals surface area contributed by atoms with Crippen LogP contribution in [0.4, 0.5) is 5.82 Å². The fraction of sp³-hybridized carbons (Fsp3) is 0.391. The van der Waals surface area contributed by atoms with Crippen LogP contribution in [0.15, 0.2) is 35.6 Å². The largest absolute Gasteiger partial charge is 0.454 e. The van der Waals surface area contributed by atoms with E-state index in [4.69, 9.17) is 24.2 Å². The monoisotopic (exact) mass is 482 g/mol. The molecule has 10 nitrogen and oxygen atoms in total. The molecular weight excluding hydrogens is 456 g/mol. The Balaban J connectivity index is 1.24. The molecule has 1 N–H and O–H groups in total. The molecule has 0 bridgehead atoms. The van der Waals surface area contributed by atoms with Crippen molar-refractivity contribution in [3.8, 4) is 11.5 Å². The highest BCUT2D eigenvalue weighted by atomic mass is 32.2. The number of fused-ring (bicyclic) bond motifs is 2. The third-order valence-electron chi connectivity index (χ3n) is 5.49. The van der Waals surface area contributed by atoms with Gasteiger partial charge in [0.15, 0.2) is 22.3 Å². The molecule has 0 unspecified atom stereocenters. The van der Waals surface area contributed by atoms with Gasteiger partial charge in [-0.25, -0.2) is 14.6 Å². The second-order valence-corrected chi connectivity index (χ2v) is 8.94. The molecule has 0 radical (unpaired) electrons. The molecule has 0 spiro atoms. The summed E-state index contributed by atoms with van der Waals surface area (Å²) in [7, 11) is 0. The zero-order valence-corrected chi connectivity index (χ0v) is 19.7. The number of amides is 1. The molecule has 0 atom stereocenters. The number of carbonyl (C=O) groups excluding carboxylic acids is 1. The van der Waals surface area contributed by atoms with Crippen LogP contribution in [0.3, 0.4) is 0 Å². The molecule has 1 amide bonds. The lowest BCUT2D eigenvalue weighted by Gasteiger charge is -2.28. The first-order valence-corrected chi connectivity index (χ1v) is 12.2. The predicted octanol–water partition coefficient (Wildman–Crippen LogP) is 2.33. The van der Waals surface area contributed by atoms with Crippen LogP contribution in [-0.4, -0.2) is 71.0 Å². The lowest BCUT2D eigenvalue weighted by Crippen LogP contribution is -2.37. The maximum atomic E-state index is 12.3. The van der Waals surface area contributed by atoms with Gasteiger partial charge in [-0.15, -0.1) is 0 Å². The van der Waals surface area contributed by atoms with Gasteiger partial charge in [0.1, 0.15) is 5.82 Å². The normalized spacial score (nSPS) is 15.4. The number of ether oxygens (including phenoxy) is 3. The summed E-state index contributed by atoms with van der Waals surface area (Å²) in [6.45, 7) is 6.18. The highest BCUT2D eigenvalue weighted by Crippen LogP contribution is 2.32. The number of anilines is 1. The molecule has 2 aliphatic heterocycles. The van der Waals surface area contributed by atoms with Crippen molar-refractivity contribution < 1.29 is 19.0 Å². The van der Waals surface area contributed by atoms with Gasteiger partial charge in [-0.1, -0.05) is 24.8 Å². The molecule has 1 fully saturated rings. The summed E-state index contributed by atoms with van der Waals surface area (Å²) in [6.07, 6.45) is 5.06. The summed E-state index contributed by atoms with van der Waals surface area (Å²) in [4.78, 5) is 24.0. The van der Waals surface area contributed by atoms with Crippen LogP contribution in [0, 0.1) is 0 Å². The number of rotatable bonds is 8. The number of nitrogens with zero attached hydrogens (tertiary/aromatic N) is 5. The molecule has 0 aliphatic carbocycles. The summed E-state index contributed by atoms with van der Waals surface area (Å²) in [6, 6.07) is 5.56. The SMILES string of the molecule is CCSc1nc(N2CCOCC2)c2cnn(CCNC(=O)C=Cc3ccc4c(c3)OCO4)c2n1. The predicted molar refractivity (Wildman–Crippen MR) is 129 cm³/mol. The van der Waals surface area contributed by atoms with Gasteiger partial charge in [0.25, 0.3) is 0 Å². The molecule has 5 rings (SSSR count). The van der Waals surface area contributed by atoms with Gasteiger partial charge in [-0.05, 0) is 29.5 Å². The van der Waals surface area contributed by atoms with Crippen LogP contribution in [0.25, 0.3) is 17.1 Å². The van der Waals surface area contributed by atoms with Gasteiger partial charge in [-0.3, -0.25) is 4.79 Å². The van der Waals surface area contributed by atoms with E-state index in [1.165, 1.54) is 6.08 Å². The van der Waals surface area contributed by atoms with E-state index in [2.05, 4.69) is 22.2 Å². The van der Waals surface area contributed by atoms with E-state index in [0.717, 1.165) is 46.4 Å². The molecule has 3 aromatic rings. The summed E-state index contributed by atoms with van der Waals surface area (Å²) in [5.74, 6) is 3.00. The van der Waals surface area contributed by atoms with E-state index in [-0.39, 0.29) is 12.7 Å². The summed E-state index contributed by atoms with van der Waals surface area (Å²) < 4.78 is 18.0. The number of benzene rings is 1. The van der Waals surface area contributed by atoms with E-state index in [0.29, 0.717) is 37.8 Å². The highest BCUT2D eigenvalue weighted by molar-refractivity contribution is 7.99. The summed E-state index contributed by atoms with van der Waals surface area (Å²) in [5.41, 5.74) is 1.64. The fourth-order valence-corrected chi connectivity index (χ4v) is 4.39. The maximum absolute atomic E-state index is 12.3. The molecule has 1 saturated heterocycles. The van der Waals surface area contributed by atoms with Crippen molar-refractivity contribution in [3.63, 3.8) is 0 Å². The van der Waals surface area contributed by atoms with Crippen molar-refractivity contribution in [1.82, 2.24) is 25.1 Å². The number of aromatic nitrogens is 4. The molecule has 1 aromatic carbocycles. The number of morpholine rings is 1. The van der Waals surface area contributed by atoms with Crippen molar-refractivity contribution in [3.05, 3.63) is 36.0 Å². The van der Waals surface area contributed by atoms with Crippen LogP contribution in [0.1, 0.15) is 12.5 Å². The maximum Gasteiger partial charge on any atom is 0.244 e. The Morgan fingerprint density at radius 1 is 1.21 bits per heavy atom.